The van der Waals surface area contributed by atoms with E-state index in [4.69, 9.17) is 5.73 Å². The summed E-state index contributed by atoms with van der Waals surface area (Å²) in [7, 11) is 2.21. The number of nitrogens with zero attached hydrogens (tertiary/aromatic N) is 2. The first kappa shape index (κ1) is 13.9. The third-order valence-electron chi connectivity index (χ3n) is 3.53. The lowest BCUT2D eigenvalue weighted by atomic mass is 9.81. The van der Waals surface area contributed by atoms with E-state index in [0.29, 0.717) is 6.04 Å². The second-order valence-electron chi connectivity index (χ2n) is 6.36. The van der Waals surface area contributed by atoms with Gasteiger partial charge in [0.15, 0.2) is 0 Å². The molecule has 3 nitrogen and oxygen atoms in total. The van der Waals surface area contributed by atoms with E-state index in [2.05, 4.69) is 44.5 Å². The molecule has 0 aromatic carbocycles. The van der Waals surface area contributed by atoms with Gasteiger partial charge < -0.3 is 10.6 Å². The van der Waals surface area contributed by atoms with Crippen LogP contribution < -0.4 is 5.73 Å². The summed E-state index contributed by atoms with van der Waals surface area (Å²) < 4.78 is 0. The van der Waals surface area contributed by atoms with Crippen LogP contribution in [-0.4, -0.2) is 55.1 Å². The predicted molar refractivity (Wildman–Crippen MR) is 70.6 cm³/mol. The Bertz CT molecular complexity index is 208. The number of rotatable bonds is 2. The Morgan fingerprint density at radius 1 is 1.06 bits per heavy atom. The van der Waals surface area contributed by atoms with Crippen LogP contribution in [0.5, 0.6) is 0 Å². The summed E-state index contributed by atoms with van der Waals surface area (Å²) in [5.41, 5.74) is 6.45. The Kier molecular flexibility index (Phi) is 4.77. The number of likely N-dealkylation sites (N-methyl/N-ethyl adjacent to an activating group) is 1. The fraction of sp³-hybridized carbons (Fsp3) is 1.00. The van der Waals surface area contributed by atoms with Gasteiger partial charge in [0.2, 0.25) is 0 Å². The molecule has 0 aliphatic carbocycles. The van der Waals surface area contributed by atoms with E-state index in [-0.39, 0.29) is 11.5 Å². The van der Waals surface area contributed by atoms with Crippen LogP contribution in [0.2, 0.25) is 0 Å². The fourth-order valence-corrected chi connectivity index (χ4v) is 3.01. The summed E-state index contributed by atoms with van der Waals surface area (Å²) in [6.45, 7) is 13.8. The summed E-state index contributed by atoms with van der Waals surface area (Å²) >= 11 is 0. The monoisotopic (exact) mass is 227 g/mol. The molecule has 2 N–H and O–H groups in total. The van der Waals surface area contributed by atoms with Crippen LogP contribution in [0, 0.1) is 5.41 Å². The van der Waals surface area contributed by atoms with Crippen LogP contribution in [0.25, 0.3) is 0 Å². The summed E-state index contributed by atoms with van der Waals surface area (Å²) in [6, 6.07) is 0.724. The van der Waals surface area contributed by atoms with Gasteiger partial charge in [0.1, 0.15) is 0 Å². The van der Waals surface area contributed by atoms with Gasteiger partial charge in [-0.25, -0.2) is 0 Å². The van der Waals surface area contributed by atoms with Crippen LogP contribution in [0.15, 0.2) is 0 Å². The molecular weight excluding hydrogens is 198 g/mol. The summed E-state index contributed by atoms with van der Waals surface area (Å²) in [4.78, 5) is 5.01. The summed E-state index contributed by atoms with van der Waals surface area (Å²) in [5, 5.41) is 0. The maximum atomic E-state index is 6.18. The van der Waals surface area contributed by atoms with Gasteiger partial charge >= 0.3 is 0 Å². The van der Waals surface area contributed by atoms with Gasteiger partial charge in [-0.2, -0.15) is 0 Å². The van der Waals surface area contributed by atoms with Crippen molar-refractivity contribution in [1.82, 2.24) is 9.80 Å². The molecule has 0 spiro atoms. The molecule has 0 aromatic heterocycles. The molecule has 0 radical (unpaired) electrons. The Hall–Kier alpha value is -0.120. The molecular formula is C13H29N3. The molecule has 1 rings (SSSR count). The molecule has 1 aliphatic heterocycles. The molecule has 0 saturated carbocycles. The van der Waals surface area contributed by atoms with E-state index >= 15 is 0 Å². The average molecular weight is 227 g/mol. The molecule has 0 aromatic rings. The van der Waals surface area contributed by atoms with E-state index < -0.39 is 0 Å². The highest BCUT2D eigenvalue weighted by Crippen LogP contribution is 2.27. The normalized spacial score (nSPS) is 25.1. The Balaban J connectivity index is 2.71. The molecule has 96 valence electrons. The Labute approximate surface area is 101 Å². The van der Waals surface area contributed by atoms with Crippen molar-refractivity contribution in [3.8, 4) is 0 Å². The molecule has 0 amide bonds. The first-order valence-corrected chi connectivity index (χ1v) is 6.50. The van der Waals surface area contributed by atoms with E-state index in [1.807, 2.05) is 0 Å². The second kappa shape index (κ2) is 5.48. The zero-order valence-corrected chi connectivity index (χ0v) is 11.7. The highest BCUT2D eigenvalue weighted by atomic mass is 15.2. The third-order valence-corrected chi connectivity index (χ3v) is 3.53. The first-order valence-electron chi connectivity index (χ1n) is 6.50. The molecule has 16 heavy (non-hydrogen) atoms. The van der Waals surface area contributed by atoms with Crippen LogP contribution in [0.1, 0.15) is 34.1 Å². The van der Waals surface area contributed by atoms with Crippen LogP contribution >= 0.6 is 0 Å². The van der Waals surface area contributed by atoms with Crippen molar-refractivity contribution in [2.24, 2.45) is 11.1 Å². The number of nitrogens with two attached hydrogens (primary N) is 1. The molecule has 1 aliphatic rings. The fourth-order valence-electron chi connectivity index (χ4n) is 3.01. The van der Waals surface area contributed by atoms with Crippen molar-refractivity contribution < 1.29 is 0 Å². The topological polar surface area (TPSA) is 32.5 Å². The largest absolute Gasteiger partial charge is 0.327 e. The SMILES string of the molecule is CC(N)C(N1CCCN(C)CC1)C(C)(C)C. The lowest BCUT2D eigenvalue weighted by molar-refractivity contribution is 0.0857. The van der Waals surface area contributed by atoms with Crippen molar-refractivity contribution in [3.63, 3.8) is 0 Å². The summed E-state index contributed by atoms with van der Waals surface area (Å²) in [5.74, 6) is 0. The van der Waals surface area contributed by atoms with Crippen molar-refractivity contribution >= 4 is 0 Å². The molecule has 1 saturated heterocycles. The standard InChI is InChI=1S/C13H29N3/c1-11(14)12(13(2,3)4)16-8-6-7-15(5)9-10-16/h11-12H,6-10,14H2,1-5H3. The third kappa shape index (κ3) is 3.72. The predicted octanol–water partition coefficient (Wildman–Crippen LogP) is 1.39. The Morgan fingerprint density at radius 2 is 1.69 bits per heavy atom. The minimum Gasteiger partial charge on any atom is -0.327 e. The molecule has 2 unspecified atom stereocenters. The molecule has 2 atom stereocenters. The van der Waals surface area contributed by atoms with E-state index in [1.54, 1.807) is 0 Å². The van der Waals surface area contributed by atoms with Crippen LogP contribution in [-0.2, 0) is 0 Å². The van der Waals surface area contributed by atoms with E-state index in [1.165, 1.54) is 26.1 Å². The lowest BCUT2D eigenvalue weighted by Crippen LogP contribution is -2.54. The van der Waals surface area contributed by atoms with Gasteiger partial charge in [0, 0.05) is 25.2 Å². The van der Waals surface area contributed by atoms with Crippen LogP contribution in [0.3, 0.4) is 0 Å². The van der Waals surface area contributed by atoms with Crippen molar-refractivity contribution in [3.05, 3.63) is 0 Å². The van der Waals surface area contributed by atoms with Gasteiger partial charge in [-0.15, -0.1) is 0 Å². The zero-order chi connectivity index (χ0) is 12.3. The molecule has 1 fully saturated rings. The lowest BCUT2D eigenvalue weighted by Gasteiger charge is -2.42. The molecule has 3 heteroatoms. The van der Waals surface area contributed by atoms with Crippen LogP contribution in [0.4, 0.5) is 0 Å². The quantitative estimate of drug-likeness (QED) is 0.774. The Morgan fingerprint density at radius 3 is 2.19 bits per heavy atom. The van der Waals surface area contributed by atoms with E-state index in [9.17, 15) is 0 Å². The first-order chi connectivity index (χ1) is 7.32. The average Bonchev–Trinajstić information content (AvgIpc) is 2.28. The van der Waals surface area contributed by atoms with Gasteiger partial charge in [0.05, 0.1) is 0 Å². The highest BCUT2D eigenvalue weighted by Gasteiger charge is 2.33. The zero-order valence-electron chi connectivity index (χ0n) is 11.7. The highest BCUT2D eigenvalue weighted by molar-refractivity contribution is 4.90. The van der Waals surface area contributed by atoms with E-state index in [0.717, 1.165) is 6.54 Å². The molecule has 1 heterocycles. The minimum absolute atomic E-state index is 0.239. The van der Waals surface area contributed by atoms with Gasteiger partial charge in [-0.3, -0.25) is 4.90 Å². The van der Waals surface area contributed by atoms with Crippen molar-refractivity contribution in [2.75, 3.05) is 33.2 Å². The maximum absolute atomic E-state index is 6.18. The van der Waals surface area contributed by atoms with Gasteiger partial charge in [-0.05, 0) is 38.9 Å². The van der Waals surface area contributed by atoms with Crippen molar-refractivity contribution in [1.29, 1.82) is 0 Å². The number of hydrogen-bond acceptors (Lipinski definition) is 3. The smallest absolute Gasteiger partial charge is 0.0293 e. The van der Waals surface area contributed by atoms with Gasteiger partial charge in [0.25, 0.3) is 0 Å². The molecule has 0 bridgehead atoms. The number of hydrogen-bond donors (Lipinski definition) is 1. The minimum atomic E-state index is 0.239. The van der Waals surface area contributed by atoms with Crippen molar-refractivity contribution in [2.45, 2.75) is 46.2 Å². The second-order valence-corrected chi connectivity index (χ2v) is 6.36. The summed E-state index contributed by atoms with van der Waals surface area (Å²) in [6.07, 6.45) is 1.26. The van der Waals surface area contributed by atoms with Gasteiger partial charge in [-0.1, -0.05) is 20.8 Å². The maximum Gasteiger partial charge on any atom is 0.0293 e.